The van der Waals surface area contributed by atoms with Crippen molar-refractivity contribution < 1.29 is 9.84 Å². The van der Waals surface area contributed by atoms with Gasteiger partial charge in [-0.15, -0.1) is 0 Å². The molecule has 0 aliphatic rings. The molecule has 18 heavy (non-hydrogen) atoms. The molecule has 0 amide bonds. The van der Waals surface area contributed by atoms with Crippen molar-refractivity contribution in [3.05, 3.63) is 6.07 Å². The standard InChI is InChI=1S/C11H20N4O2S/c1-11(16,4-5-17-2)7-13-9-6-8(12)14-10(15-9)18-3/h6,16H,4-5,7H2,1-3H3,(H3,12,13,14,15). The summed E-state index contributed by atoms with van der Waals surface area (Å²) in [7, 11) is 1.61. The molecule has 4 N–H and O–H groups in total. The van der Waals surface area contributed by atoms with E-state index in [4.69, 9.17) is 10.5 Å². The second-order valence-electron chi connectivity index (χ2n) is 4.26. The highest BCUT2D eigenvalue weighted by Crippen LogP contribution is 2.17. The van der Waals surface area contributed by atoms with Crippen molar-refractivity contribution in [1.29, 1.82) is 0 Å². The maximum atomic E-state index is 10.1. The Balaban J connectivity index is 2.59. The van der Waals surface area contributed by atoms with E-state index in [2.05, 4.69) is 15.3 Å². The van der Waals surface area contributed by atoms with Crippen molar-refractivity contribution in [3.8, 4) is 0 Å². The zero-order valence-electron chi connectivity index (χ0n) is 10.9. The zero-order chi connectivity index (χ0) is 13.6. The summed E-state index contributed by atoms with van der Waals surface area (Å²) in [5, 5.41) is 13.7. The molecule has 1 rings (SSSR count). The van der Waals surface area contributed by atoms with E-state index in [-0.39, 0.29) is 0 Å². The predicted molar refractivity (Wildman–Crippen MR) is 73.8 cm³/mol. The van der Waals surface area contributed by atoms with Crippen LogP contribution in [0.3, 0.4) is 0 Å². The average Bonchev–Trinajstić information content (AvgIpc) is 2.33. The number of aromatic nitrogens is 2. The Morgan fingerprint density at radius 1 is 1.56 bits per heavy atom. The average molecular weight is 272 g/mol. The highest BCUT2D eigenvalue weighted by molar-refractivity contribution is 7.98. The fraction of sp³-hybridized carbons (Fsp3) is 0.636. The molecule has 0 aromatic carbocycles. The lowest BCUT2D eigenvalue weighted by Gasteiger charge is -2.23. The minimum atomic E-state index is -0.852. The predicted octanol–water partition coefficient (Wildman–Crippen LogP) is 0.980. The van der Waals surface area contributed by atoms with Gasteiger partial charge in [0.25, 0.3) is 0 Å². The number of nitrogens with zero attached hydrogens (tertiary/aromatic N) is 2. The number of hydrogen-bond donors (Lipinski definition) is 3. The summed E-state index contributed by atoms with van der Waals surface area (Å²) < 4.78 is 4.95. The van der Waals surface area contributed by atoms with E-state index in [1.165, 1.54) is 11.8 Å². The topological polar surface area (TPSA) is 93.3 Å². The summed E-state index contributed by atoms with van der Waals surface area (Å²) in [4.78, 5) is 8.31. The second kappa shape index (κ2) is 6.77. The lowest BCUT2D eigenvalue weighted by molar-refractivity contribution is 0.0357. The van der Waals surface area contributed by atoms with Crippen molar-refractivity contribution in [2.75, 3.05) is 37.6 Å². The lowest BCUT2D eigenvalue weighted by atomic mass is 10.0. The van der Waals surface area contributed by atoms with Crippen LogP contribution in [0.1, 0.15) is 13.3 Å². The Hall–Kier alpha value is -1.05. The van der Waals surface area contributed by atoms with Gasteiger partial charge in [0.1, 0.15) is 11.6 Å². The second-order valence-corrected chi connectivity index (χ2v) is 5.03. The Labute approximate surface area is 111 Å². The summed E-state index contributed by atoms with van der Waals surface area (Å²) in [6, 6.07) is 1.64. The first-order chi connectivity index (χ1) is 8.46. The first kappa shape index (κ1) is 15.0. The van der Waals surface area contributed by atoms with Gasteiger partial charge in [-0.2, -0.15) is 0 Å². The van der Waals surface area contributed by atoms with E-state index >= 15 is 0 Å². The van der Waals surface area contributed by atoms with Gasteiger partial charge in [0.2, 0.25) is 0 Å². The minimum Gasteiger partial charge on any atom is -0.388 e. The maximum Gasteiger partial charge on any atom is 0.191 e. The number of ether oxygens (including phenoxy) is 1. The first-order valence-electron chi connectivity index (χ1n) is 5.60. The van der Waals surface area contributed by atoms with Crippen LogP contribution in [-0.2, 0) is 4.74 Å². The number of aliphatic hydroxyl groups is 1. The van der Waals surface area contributed by atoms with Crippen LogP contribution in [0.25, 0.3) is 0 Å². The third-order valence-corrected chi connectivity index (χ3v) is 2.95. The molecule has 1 heterocycles. The van der Waals surface area contributed by atoms with Crippen molar-refractivity contribution in [3.63, 3.8) is 0 Å². The molecule has 0 fully saturated rings. The van der Waals surface area contributed by atoms with Crippen molar-refractivity contribution >= 4 is 23.4 Å². The third-order valence-electron chi connectivity index (χ3n) is 2.40. The van der Waals surface area contributed by atoms with Gasteiger partial charge in [-0.3, -0.25) is 0 Å². The minimum absolute atomic E-state index is 0.376. The highest BCUT2D eigenvalue weighted by Gasteiger charge is 2.20. The van der Waals surface area contributed by atoms with Crippen molar-refractivity contribution in [2.45, 2.75) is 24.1 Å². The van der Waals surface area contributed by atoms with Gasteiger partial charge in [-0.05, 0) is 13.2 Å². The molecule has 1 unspecified atom stereocenters. The maximum absolute atomic E-state index is 10.1. The van der Waals surface area contributed by atoms with Crippen LogP contribution in [0.15, 0.2) is 11.2 Å². The Kier molecular flexibility index (Phi) is 5.64. The van der Waals surface area contributed by atoms with Crippen LogP contribution < -0.4 is 11.1 Å². The molecule has 0 saturated carbocycles. The zero-order valence-corrected chi connectivity index (χ0v) is 11.8. The summed E-state index contributed by atoms with van der Waals surface area (Å²) >= 11 is 1.42. The summed E-state index contributed by atoms with van der Waals surface area (Å²) in [6.07, 6.45) is 2.43. The fourth-order valence-corrected chi connectivity index (χ4v) is 1.70. The number of rotatable bonds is 7. The van der Waals surface area contributed by atoms with E-state index in [1.807, 2.05) is 6.26 Å². The van der Waals surface area contributed by atoms with Gasteiger partial charge in [0.05, 0.1) is 5.60 Å². The number of nitrogens with one attached hydrogen (secondary N) is 1. The molecule has 0 spiro atoms. The molecular weight excluding hydrogens is 252 g/mol. The van der Waals surface area contributed by atoms with Crippen LogP contribution in [0.5, 0.6) is 0 Å². The van der Waals surface area contributed by atoms with Gasteiger partial charge in [-0.1, -0.05) is 11.8 Å². The normalized spacial score (nSPS) is 14.2. The van der Waals surface area contributed by atoms with E-state index in [1.54, 1.807) is 20.1 Å². The third kappa shape index (κ3) is 5.07. The SMILES string of the molecule is COCCC(C)(O)CNc1cc(N)nc(SC)n1. The largest absolute Gasteiger partial charge is 0.388 e. The Morgan fingerprint density at radius 2 is 2.28 bits per heavy atom. The number of methoxy groups -OCH3 is 1. The quantitative estimate of drug-likeness (QED) is 0.503. The van der Waals surface area contributed by atoms with Gasteiger partial charge >= 0.3 is 0 Å². The van der Waals surface area contributed by atoms with Crippen LogP contribution >= 0.6 is 11.8 Å². The number of anilines is 2. The fourth-order valence-electron chi connectivity index (χ4n) is 1.32. The molecule has 0 aliphatic carbocycles. The Morgan fingerprint density at radius 3 is 2.89 bits per heavy atom. The smallest absolute Gasteiger partial charge is 0.191 e. The van der Waals surface area contributed by atoms with Crippen molar-refractivity contribution in [2.24, 2.45) is 0 Å². The van der Waals surface area contributed by atoms with Crippen LogP contribution in [0, 0.1) is 0 Å². The van der Waals surface area contributed by atoms with Crippen LogP contribution in [0.4, 0.5) is 11.6 Å². The number of hydrogen-bond acceptors (Lipinski definition) is 7. The molecule has 1 aromatic heterocycles. The number of nitrogens with two attached hydrogens (primary N) is 1. The molecule has 0 radical (unpaired) electrons. The van der Waals surface area contributed by atoms with Crippen LogP contribution in [-0.4, -0.2) is 47.2 Å². The molecular formula is C11H20N4O2S. The first-order valence-corrected chi connectivity index (χ1v) is 6.83. The molecule has 0 aliphatic heterocycles. The highest BCUT2D eigenvalue weighted by atomic mass is 32.2. The van der Waals surface area contributed by atoms with Crippen molar-refractivity contribution in [1.82, 2.24) is 9.97 Å². The summed E-state index contributed by atoms with van der Waals surface area (Å²) in [5.74, 6) is 1.03. The molecule has 7 heteroatoms. The van der Waals surface area contributed by atoms with E-state index in [0.717, 1.165) is 0 Å². The van der Waals surface area contributed by atoms with Gasteiger partial charge in [-0.25, -0.2) is 9.97 Å². The lowest BCUT2D eigenvalue weighted by Crippen LogP contribution is -2.34. The summed E-state index contributed by atoms with van der Waals surface area (Å²) in [5.41, 5.74) is 4.82. The van der Waals surface area contributed by atoms with Gasteiger partial charge in [0, 0.05) is 32.7 Å². The van der Waals surface area contributed by atoms with Gasteiger partial charge < -0.3 is 20.9 Å². The van der Waals surface area contributed by atoms with Gasteiger partial charge in [0.15, 0.2) is 5.16 Å². The van der Waals surface area contributed by atoms with E-state index < -0.39 is 5.60 Å². The number of nitrogen functional groups attached to an aromatic ring is 1. The van der Waals surface area contributed by atoms with E-state index in [0.29, 0.717) is 36.4 Å². The summed E-state index contributed by atoms with van der Waals surface area (Å²) in [6.45, 7) is 2.64. The Bertz CT molecular complexity index is 387. The monoisotopic (exact) mass is 272 g/mol. The molecule has 102 valence electrons. The molecule has 1 atom stereocenters. The number of thioether (sulfide) groups is 1. The molecule has 1 aromatic rings. The van der Waals surface area contributed by atoms with Crippen LogP contribution in [0.2, 0.25) is 0 Å². The van der Waals surface area contributed by atoms with E-state index in [9.17, 15) is 5.11 Å². The molecule has 0 saturated heterocycles. The molecule has 6 nitrogen and oxygen atoms in total. The molecule has 0 bridgehead atoms.